The molecule has 0 aromatic heterocycles. The van der Waals surface area contributed by atoms with E-state index in [9.17, 15) is 14.9 Å². The number of hydrogen-bond donors (Lipinski definition) is 0. The number of ether oxygens (including phenoxy) is 1. The highest BCUT2D eigenvalue weighted by Crippen LogP contribution is 2.24. The van der Waals surface area contributed by atoms with Gasteiger partial charge in [-0.05, 0) is 18.3 Å². The molecule has 0 spiro atoms. The van der Waals surface area contributed by atoms with Crippen LogP contribution in [0.25, 0.3) is 6.08 Å². The van der Waals surface area contributed by atoms with Gasteiger partial charge >= 0.3 is 0 Å². The van der Waals surface area contributed by atoms with Gasteiger partial charge in [0.05, 0.1) is 10.5 Å². The lowest BCUT2D eigenvalue weighted by Gasteiger charge is -2.00. The van der Waals surface area contributed by atoms with Crippen LogP contribution in [0, 0.1) is 10.1 Å². The fraction of sp³-hybridized carbons (Fsp3) is 0.0909. The van der Waals surface area contributed by atoms with E-state index >= 15 is 0 Å². The summed E-state index contributed by atoms with van der Waals surface area (Å²) >= 11 is 4.80. The molecule has 1 heterocycles. The van der Waals surface area contributed by atoms with Crippen LogP contribution >= 0.6 is 12.2 Å². The minimum absolute atomic E-state index is 0.0169. The Morgan fingerprint density at radius 2 is 2.11 bits per heavy atom. The Balaban J connectivity index is 2.43. The lowest BCUT2D eigenvalue weighted by Crippen LogP contribution is -2.22. The lowest BCUT2D eigenvalue weighted by molar-refractivity contribution is -0.385. The van der Waals surface area contributed by atoms with Gasteiger partial charge in [0.15, 0.2) is 5.76 Å². The molecule has 1 saturated heterocycles. The van der Waals surface area contributed by atoms with Crippen LogP contribution in [0.4, 0.5) is 5.69 Å². The van der Waals surface area contributed by atoms with Crippen molar-refractivity contribution in [2.24, 2.45) is 0 Å². The highest BCUT2D eigenvalue weighted by molar-refractivity contribution is 7.80. The summed E-state index contributed by atoms with van der Waals surface area (Å²) in [5, 5.41) is 10.9. The van der Waals surface area contributed by atoms with Crippen LogP contribution in [0.15, 0.2) is 30.0 Å². The molecule has 1 aromatic rings. The molecule has 1 aromatic carbocycles. The van der Waals surface area contributed by atoms with Crippen LogP contribution < -0.4 is 0 Å². The Kier molecular flexibility index (Phi) is 3.07. The van der Waals surface area contributed by atoms with Gasteiger partial charge in [-0.3, -0.25) is 19.8 Å². The van der Waals surface area contributed by atoms with E-state index < -0.39 is 10.8 Å². The molecule has 0 aliphatic carbocycles. The maximum atomic E-state index is 11.7. The lowest BCUT2D eigenvalue weighted by atomic mass is 10.1. The average molecular weight is 264 g/mol. The molecule has 0 bridgehead atoms. The van der Waals surface area contributed by atoms with Gasteiger partial charge in [-0.1, -0.05) is 12.1 Å². The Bertz CT molecular complexity index is 582. The van der Waals surface area contributed by atoms with E-state index in [1.165, 1.54) is 25.3 Å². The summed E-state index contributed by atoms with van der Waals surface area (Å²) in [6.45, 7) is 0. The second kappa shape index (κ2) is 4.53. The van der Waals surface area contributed by atoms with E-state index in [0.717, 1.165) is 4.90 Å². The van der Waals surface area contributed by atoms with Crippen molar-refractivity contribution in [3.8, 4) is 0 Å². The number of nitro groups is 1. The number of amides is 1. The monoisotopic (exact) mass is 264 g/mol. The first-order valence-corrected chi connectivity index (χ1v) is 5.36. The van der Waals surface area contributed by atoms with Crippen molar-refractivity contribution < 1.29 is 14.5 Å². The summed E-state index contributed by atoms with van der Waals surface area (Å²) in [5.41, 5.74) is 0.200. The minimum atomic E-state index is -0.520. The fourth-order valence-electron chi connectivity index (χ4n) is 1.46. The highest BCUT2D eigenvalue weighted by atomic mass is 32.1. The van der Waals surface area contributed by atoms with Gasteiger partial charge in [-0.2, -0.15) is 0 Å². The maximum Gasteiger partial charge on any atom is 0.296 e. The number of likely N-dealkylation sites (N-methyl/N-ethyl adjacent to an activating group) is 1. The number of nitrogens with zero attached hydrogens (tertiary/aromatic N) is 2. The number of carbonyl (C=O) groups is 1. The quantitative estimate of drug-likeness (QED) is 0.352. The number of nitro benzene ring substituents is 1. The van der Waals surface area contributed by atoms with Crippen molar-refractivity contribution in [1.29, 1.82) is 0 Å². The molecule has 92 valence electrons. The van der Waals surface area contributed by atoms with Crippen molar-refractivity contribution in [2.45, 2.75) is 0 Å². The second-order valence-electron chi connectivity index (χ2n) is 3.56. The van der Waals surface area contributed by atoms with Crippen LogP contribution in [0.5, 0.6) is 0 Å². The minimum Gasteiger partial charge on any atom is -0.426 e. The molecular formula is C11H8N2O4S. The Morgan fingerprint density at radius 3 is 2.67 bits per heavy atom. The van der Waals surface area contributed by atoms with E-state index in [1.807, 2.05) is 0 Å². The Hall–Kier alpha value is -2.28. The number of carbonyl (C=O) groups excluding carboxylic acids is 1. The number of para-hydroxylation sites is 1. The molecule has 0 unspecified atom stereocenters. The van der Waals surface area contributed by atoms with E-state index in [2.05, 4.69) is 0 Å². The molecule has 0 atom stereocenters. The molecule has 0 radical (unpaired) electrons. The summed E-state index contributed by atoms with van der Waals surface area (Å²) in [7, 11) is 1.48. The number of thiocarbonyl (C=S) groups is 1. The predicted octanol–water partition coefficient (Wildman–Crippen LogP) is 1.71. The SMILES string of the molecule is CN1C(=O)/C(=C\c2ccccc2[N+](=O)[O-])OC1=S. The highest BCUT2D eigenvalue weighted by Gasteiger charge is 2.30. The standard InChI is InChI=1S/C11H8N2O4S/c1-12-10(14)9(17-11(12)18)6-7-4-2-3-5-8(7)13(15)16/h2-6H,1H3/b9-6+. The predicted molar refractivity (Wildman–Crippen MR) is 67.5 cm³/mol. The zero-order chi connectivity index (χ0) is 13.3. The van der Waals surface area contributed by atoms with E-state index in [4.69, 9.17) is 17.0 Å². The van der Waals surface area contributed by atoms with Gasteiger partial charge in [-0.15, -0.1) is 0 Å². The van der Waals surface area contributed by atoms with Crippen LogP contribution in [0.3, 0.4) is 0 Å². The number of rotatable bonds is 2. The Morgan fingerprint density at radius 1 is 1.44 bits per heavy atom. The molecule has 1 aliphatic heterocycles. The molecule has 2 rings (SSSR count). The van der Waals surface area contributed by atoms with Gasteiger partial charge < -0.3 is 4.74 Å². The summed E-state index contributed by atoms with van der Waals surface area (Å²) in [6.07, 6.45) is 1.32. The van der Waals surface area contributed by atoms with Gasteiger partial charge in [-0.25, -0.2) is 0 Å². The first-order valence-electron chi connectivity index (χ1n) is 4.95. The van der Waals surface area contributed by atoms with Crippen molar-refractivity contribution in [3.05, 3.63) is 45.7 Å². The van der Waals surface area contributed by atoms with Crippen LogP contribution in [0.1, 0.15) is 5.56 Å². The zero-order valence-corrected chi connectivity index (χ0v) is 10.1. The molecule has 1 aliphatic rings. The first kappa shape index (κ1) is 12.2. The smallest absolute Gasteiger partial charge is 0.296 e. The molecular weight excluding hydrogens is 256 g/mol. The normalized spacial score (nSPS) is 17.2. The van der Waals surface area contributed by atoms with Crippen molar-refractivity contribution in [1.82, 2.24) is 4.90 Å². The van der Waals surface area contributed by atoms with Crippen LogP contribution in [-0.2, 0) is 9.53 Å². The summed E-state index contributed by atoms with van der Waals surface area (Å²) in [4.78, 5) is 23.1. The molecule has 18 heavy (non-hydrogen) atoms. The summed E-state index contributed by atoms with van der Waals surface area (Å²) in [5.74, 6) is -0.435. The van der Waals surface area contributed by atoms with Gasteiger partial charge in [0.2, 0.25) is 0 Å². The maximum absolute atomic E-state index is 11.7. The van der Waals surface area contributed by atoms with Gasteiger partial charge in [0.1, 0.15) is 0 Å². The zero-order valence-electron chi connectivity index (χ0n) is 9.32. The number of benzene rings is 1. The molecule has 0 N–H and O–H groups in total. The summed E-state index contributed by atoms with van der Waals surface area (Å²) in [6, 6.07) is 6.08. The number of hydrogen-bond acceptors (Lipinski definition) is 5. The Labute approximate surface area is 108 Å². The van der Waals surface area contributed by atoms with Crippen LogP contribution in [-0.4, -0.2) is 28.0 Å². The fourth-order valence-corrected chi connectivity index (χ4v) is 1.64. The molecule has 7 heteroatoms. The van der Waals surface area contributed by atoms with E-state index in [1.54, 1.807) is 12.1 Å². The second-order valence-corrected chi connectivity index (χ2v) is 3.91. The first-order chi connectivity index (χ1) is 8.50. The average Bonchev–Trinajstić information content (AvgIpc) is 2.57. The molecule has 0 saturated carbocycles. The van der Waals surface area contributed by atoms with Crippen LogP contribution in [0.2, 0.25) is 0 Å². The summed E-state index contributed by atoms with van der Waals surface area (Å²) < 4.78 is 5.07. The van der Waals surface area contributed by atoms with Crippen molar-refractivity contribution >= 4 is 35.1 Å². The molecule has 6 nitrogen and oxygen atoms in total. The van der Waals surface area contributed by atoms with Gasteiger partial charge in [0, 0.05) is 19.2 Å². The third-order valence-corrected chi connectivity index (χ3v) is 2.76. The largest absolute Gasteiger partial charge is 0.426 e. The third-order valence-electron chi connectivity index (χ3n) is 2.41. The van der Waals surface area contributed by atoms with E-state index in [0.29, 0.717) is 5.56 Å². The van der Waals surface area contributed by atoms with Gasteiger partial charge in [0.25, 0.3) is 16.8 Å². The molecule has 1 amide bonds. The molecule has 1 fully saturated rings. The van der Waals surface area contributed by atoms with Crippen molar-refractivity contribution in [2.75, 3.05) is 7.05 Å². The van der Waals surface area contributed by atoms with E-state index in [-0.39, 0.29) is 16.6 Å². The van der Waals surface area contributed by atoms with Crippen molar-refractivity contribution in [3.63, 3.8) is 0 Å². The topological polar surface area (TPSA) is 72.7 Å². The third kappa shape index (κ3) is 2.07.